The van der Waals surface area contributed by atoms with Crippen LogP contribution < -0.4 is 5.32 Å². The van der Waals surface area contributed by atoms with Crippen LogP contribution in [0.3, 0.4) is 0 Å². The zero-order valence-electron chi connectivity index (χ0n) is 11.0. The van der Waals surface area contributed by atoms with E-state index in [9.17, 15) is 4.79 Å². The smallest absolute Gasteiger partial charge is 0.356 e. The molecule has 0 spiro atoms. The number of aromatic carboxylic acids is 1. The zero-order chi connectivity index (χ0) is 15.0. The van der Waals surface area contributed by atoms with Gasteiger partial charge in [0.15, 0.2) is 11.3 Å². The molecule has 6 nitrogen and oxygen atoms in total. The van der Waals surface area contributed by atoms with E-state index in [2.05, 4.69) is 15.4 Å². The predicted molar refractivity (Wildman–Crippen MR) is 79.9 cm³/mol. The first-order chi connectivity index (χ1) is 10.1. The summed E-state index contributed by atoms with van der Waals surface area (Å²) in [7, 11) is 1.74. The van der Waals surface area contributed by atoms with Crippen LogP contribution >= 0.6 is 11.6 Å². The number of halogens is 1. The number of benzene rings is 1. The minimum atomic E-state index is -1.09. The van der Waals surface area contributed by atoms with E-state index in [-0.39, 0.29) is 5.69 Å². The number of carboxylic acids is 1. The normalized spacial score (nSPS) is 10.8. The molecule has 3 rings (SSSR count). The van der Waals surface area contributed by atoms with E-state index in [1.807, 2.05) is 12.1 Å². The van der Waals surface area contributed by atoms with Crippen molar-refractivity contribution in [3.63, 3.8) is 0 Å². The SMILES string of the molecule is CNc1cc(-c2ccc(Cl)cc2)nc2cc(C(=O)O)nn12. The van der Waals surface area contributed by atoms with Gasteiger partial charge < -0.3 is 10.4 Å². The molecule has 3 aromatic rings. The van der Waals surface area contributed by atoms with Gasteiger partial charge in [-0.1, -0.05) is 23.7 Å². The summed E-state index contributed by atoms with van der Waals surface area (Å²) in [5.41, 5.74) is 2.01. The molecule has 0 aliphatic rings. The first-order valence-electron chi connectivity index (χ1n) is 6.16. The third-order valence-corrected chi connectivity index (χ3v) is 3.29. The largest absolute Gasteiger partial charge is 0.476 e. The Morgan fingerprint density at radius 3 is 2.62 bits per heavy atom. The summed E-state index contributed by atoms with van der Waals surface area (Å²) in [5.74, 6) is -0.437. The van der Waals surface area contributed by atoms with Crippen molar-refractivity contribution in [3.05, 3.63) is 47.1 Å². The number of nitrogens with one attached hydrogen (secondary N) is 1. The highest BCUT2D eigenvalue weighted by Crippen LogP contribution is 2.24. The third kappa shape index (κ3) is 2.41. The van der Waals surface area contributed by atoms with E-state index < -0.39 is 5.97 Å². The van der Waals surface area contributed by atoms with Crippen LogP contribution in [0.2, 0.25) is 5.02 Å². The Balaban J connectivity index is 2.20. The van der Waals surface area contributed by atoms with Crippen molar-refractivity contribution in [3.8, 4) is 11.3 Å². The molecule has 21 heavy (non-hydrogen) atoms. The lowest BCUT2D eigenvalue weighted by Gasteiger charge is -2.07. The highest BCUT2D eigenvalue weighted by atomic mass is 35.5. The van der Waals surface area contributed by atoms with Crippen molar-refractivity contribution < 1.29 is 9.90 Å². The maximum Gasteiger partial charge on any atom is 0.356 e. The summed E-state index contributed by atoms with van der Waals surface area (Å²) in [6.45, 7) is 0. The minimum absolute atomic E-state index is 0.0488. The summed E-state index contributed by atoms with van der Waals surface area (Å²) in [6, 6.07) is 10.5. The Hall–Kier alpha value is -2.60. The molecule has 1 aromatic carbocycles. The van der Waals surface area contributed by atoms with Crippen LogP contribution in [0.4, 0.5) is 5.82 Å². The Morgan fingerprint density at radius 1 is 1.29 bits per heavy atom. The lowest BCUT2D eigenvalue weighted by atomic mass is 10.1. The van der Waals surface area contributed by atoms with Crippen LogP contribution in [-0.2, 0) is 0 Å². The average Bonchev–Trinajstić information content (AvgIpc) is 2.91. The molecule has 2 N–H and O–H groups in total. The Labute approximate surface area is 125 Å². The number of hydrogen-bond acceptors (Lipinski definition) is 4. The number of rotatable bonds is 3. The number of nitrogens with zero attached hydrogens (tertiary/aromatic N) is 3. The Morgan fingerprint density at radius 2 is 2.00 bits per heavy atom. The van der Waals surface area contributed by atoms with Gasteiger partial charge in [0.05, 0.1) is 5.69 Å². The van der Waals surface area contributed by atoms with E-state index in [1.54, 1.807) is 25.2 Å². The molecule has 0 amide bonds. The molecular weight excluding hydrogens is 292 g/mol. The summed E-state index contributed by atoms with van der Waals surface area (Å²) in [5, 5.41) is 16.7. The maximum absolute atomic E-state index is 11.0. The molecule has 0 radical (unpaired) electrons. The molecule has 0 saturated carbocycles. The van der Waals surface area contributed by atoms with Crippen LogP contribution in [0.15, 0.2) is 36.4 Å². The van der Waals surface area contributed by atoms with Crippen molar-refractivity contribution in [2.24, 2.45) is 0 Å². The number of fused-ring (bicyclic) bond motifs is 1. The number of anilines is 1. The number of carboxylic acid groups (broad SMARTS) is 1. The van der Waals surface area contributed by atoms with Gasteiger partial charge >= 0.3 is 5.97 Å². The fourth-order valence-electron chi connectivity index (χ4n) is 2.03. The van der Waals surface area contributed by atoms with Crippen LogP contribution in [0.25, 0.3) is 16.9 Å². The number of aromatic nitrogens is 3. The highest BCUT2D eigenvalue weighted by Gasteiger charge is 2.13. The Kier molecular flexibility index (Phi) is 3.23. The van der Waals surface area contributed by atoms with Gasteiger partial charge in [-0.15, -0.1) is 0 Å². The lowest BCUT2D eigenvalue weighted by Crippen LogP contribution is -2.03. The van der Waals surface area contributed by atoms with Gasteiger partial charge in [0, 0.05) is 29.8 Å². The average molecular weight is 303 g/mol. The Bertz CT molecular complexity index is 827. The van der Waals surface area contributed by atoms with Crippen LogP contribution in [0.1, 0.15) is 10.5 Å². The van der Waals surface area contributed by atoms with Gasteiger partial charge in [-0.05, 0) is 12.1 Å². The molecule has 106 valence electrons. The summed E-state index contributed by atoms with van der Waals surface area (Å²) >= 11 is 5.88. The van der Waals surface area contributed by atoms with Crippen molar-refractivity contribution in [1.29, 1.82) is 0 Å². The first-order valence-corrected chi connectivity index (χ1v) is 6.54. The molecule has 0 aliphatic carbocycles. The second-order valence-electron chi connectivity index (χ2n) is 4.39. The van der Waals surface area contributed by atoms with Crippen LogP contribution in [0.5, 0.6) is 0 Å². The molecule has 0 atom stereocenters. The molecule has 2 aromatic heterocycles. The van der Waals surface area contributed by atoms with Crippen LogP contribution in [-0.4, -0.2) is 32.7 Å². The van der Waals surface area contributed by atoms with Crippen LogP contribution in [0, 0.1) is 0 Å². The van der Waals surface area contributed by atoms with Gasteiger partial charge in [-0.3, -0.25) is 0 Å². The molecule has 0 unspecified atom stereocenters. The van der Waals surface area contributed by atoms with Gasteiger partial charge in [0.1, 0.15) is 5.82 Å². The highest BCUT2D eigenvalue weighted by molar-refractivity contribution is 6.30. The van der Waals surface area contributed by atoms with Gasteiger partial charge in [0.25, 0.3) is 0 Å². The van der Waals surface area contributed by atoms with Crippen molar-refractivity contribution in [1.82, 2.24) is 14.6 Å². The molecule has 0 bridgehead atoms. The monoisotopic (exact) mass is 302 g/mol. The summed E-state index contributed by atoms with van der Waals surface area (Å²) in [4.78, 5) is 15.5. The summed E-state index contributed by atoms with van der Waals surface area (Å²) < 4.78 is 1.46. The summed E-state index contributed by atoms with van der Waals surface area (Å²) in [6.07, 6.45) is 0. The van der Waals surface area contributed by atoms with E-state index in [0.717, 1.165) is 5.56 Å². The topological polar surface area (TPSA) is 79.5 Å². The quantitative estimate of drug-likeness (QED) is 0.777. The fraction of sp³-hybridized carbons (Fsp3) is 0.0714. The first kappa shape index (κ1) is 13.4. The number of carbonyl (C=O) groups is 1. The molecular formula is C14H11ClN4O2. The van der Waals surface area contributed by atoms with Gasteiger partial charge in [0.2, 0.25) is 0 Å². The predicted octanol–water partition coefficient (Wildman–Crippen LogP) is 2.79. The molecule has 0 fully saturated rings. The molecule has 0 saturated heterocycles. The standard InChI is InChI=1S/C14H11ClN4O2/c1-16-12-6-10(8-2-4-9(15)5-3-8)17-13-7-11(14(20)21)18-19(12)13/h2-7,16H,1H3,(H,20,21). The third-order valence-electron chi connectivity index (χ3n) is 3.04. The lowest BCUT2D eigenvalue weighted by molar-refractivity contribution is 0.0690. The molecule has 0 aliphatic heterocycles. The van der Waals surface area contributed by atoms with E-state index >= 15 is 0 Å². The minimum Gasteiger partial charge on any atom is -0.476 e. The van der Waals surface area contributed by atoms with E-state index in [1.165, 1.54) is 10.6 Å². The fourth-order valence-corrected chi connectivity index (χ4v) is 2.15. The van der Waals surface area contributed by atoms with Crippen molar-refractivity contribution in [2.75, 3.05) is 12.4 Å². The van der Waals surface area contributed by atoms with Gasteiger partial charge in [-0.2, -0.15) is 9.61 Å². The maximum atomic E-state index is 11.0. The molecule has 2 heterocycles. The second-order valence-corrected chi connectivity index (χ2v) is 4.82. The van der Waals surface area contributed by atoms with E-state index in [4.69, 9.17) is 16.7 Å². The van der Waals surface area contributed by atoms with Crippen molar-refractivity contribution in [2.45, 2.75) is 0 Å². The second kappa shape index (κ2) is 5.06. The van der Waals surface area contributed by atoms with E-state index in [0.29, 0.717) is 22.2 Å². The molecule has 7 heteroatoms. The zero-order valence-corrected chi connectivity index (χ0v) is 11.8. The van der Waals surface area contributed by atoms with Gasteiger partial charge in [-0.25, -0.2) is 9.78 Å². The van der Waals surface area contributed by atoms with Crippen molar-refractivity contribution >= 4 is 29.0 Å². The number of hydrogen-bond donors (Lipinski definition) is 2.